The monoisotopic (exact) mass is 215 g/mol. The van der Waals surface area contributed by atoms with Gasteiger partial charge < -0.3 is 10.5 Å². The topological polar surface area (TPSA) is 52.3 Å². The van der Waals surface area contributed by atoms with Crippen molar-refractivity contribution in [2.24, 2.45) is 17.1 Å². The Morgan fingerprint density at radius 2 is 1.87 bits per heavy atom. The fourth-order valence-electron chi connectivity index (χ4n) is 1.14. The van der Waals surface area contributed by atoms with E-state index in [9.17, 15) is 4.79 Å². The van der Waals surface area contributed by atoms with Crippen LogP contribution in [0.1, 0.15) is 47.5 Å². The molecule has 0 saturated carbocycles. The molecule has 3 nitrogen and oxygen atoms in total. The molecule has 0 aliphatic rings. The smallest absolute Gasteiger partial charge is 0.323 e. The maximum Gasteiger partial charge on any atom is 0.323 e. The van der Waals surface area contributed by atoms with E-state index in [0.717, 1.165) is 12.8 Å². The fraction of sp³-hybridized carbons (Fsp3) is 0.917. The van der Waals surface area contributed by atoms with Gasteiger partial charge in [-0.2, -0.15) is 0 Å². The standard InChI is InChI=1S/C12H25NO2/c1-9(2)10(13)11(14)15-8-6-7-12(3,4)5/h9-10H,6-8,13H2,1-5H3/t10-/m1/s1. The molecular weight excluding hydrogens is 190 g/mol. The zero-order chi connectivity index (χ0) is 12.1. The molecule has 0 aliphatic carbocycles. The normalized spacial score (nSPS) is 14.1. The Balaban J connectivity index is 3.65. The highest BCUT2D eigenvalue weighted by molar-refractivity contribution is 5.75. The summed E-state index contributed by atoms with van der Waals surface area (Å²) in [5, 5.41) is 0. The quantitative estimate of drug-likeness (QED) is 0.565. The lowest BCUT2D eigenvalue weighted by Crippen LogP contribution is -2.37. The Labute approximate surface area is 93.4 Å². The molecule has 90 valence electrons. The van der Waals surface area contributed by atoms with Crippen molar-refractivity contribution in [1.82, 2.24) is 0 Å². The minimum absolute atomic E-state index is 0.139. The molecule has 0 heterocycles. The van der Waals surface area contributed by atoms with Crippen LogP contribution in [0.5, 0.6) is 0 Å². The van der Waals surface area contributed by atoms with Gasteiger partial charge in [0.05, 0.1) is 6.61 Å². The number of hydrogen-bond donors (Lipinski definition) is 1. The van der Waals surface area contributed by atoms with Gasteiger partial charge in [-0.1, -0.05) is 34.6 Å². The van der Waals surface area contributed by atoms with Crippen molar-refractivity contribution in [3.63, 3.8) is 0 Å². The lowest BCUT2D eigenvalue weighted by molar-refractivity contribution is -0.146. The van der Waals surface area contributed by atoms with Crippen molar-refractivity contribution >= 4 is 5.97 Å². The first-order valence-corrected chi connectivity index (χ1v) is 5.66. The van der Waals surface area contributed by atoms with Gasteiger partial charge in [-0.25, -0.2) is 0 Å². The van der Waals surface area contributed by atoms with E-state index in [1.165, 1.54) is 0 Å². The minimum atomic E-state index is -0.486. The van der Waals surface area contributed by atoms with Crippen LogP contribution < -0.4 is 5.73 Å². The number of ether oxygens (including phenoxy) is 1. The van der Waals surface area contributed by atoms with Crippen LogP contribution in [0.3, 0.4) is 0 Å². The van der Waals surface area contributed by atoms with Crippen LogP contribution in [0.15, 0.2) is 0 Å². The average molecular weight is 215 g/mol. The van der Waals surface area contributed by atoms with Gasteiger partial charge in [0.25, 0.3) is 0 Å². The van der Waals surface area contributed by atoms with Crippen molar-refractivity contribution in [3.05, 3.63) is 0 Å². The van der Waals surface area contributed by atoms with E-state index < -0.39 is 6.04 Å². The summed E-state index contributed by atoms with van der Waals surface area (Å²) in [4.78, 5) is 11.4. The molecule has 0 radical (unpaired) electrons. The zero-order valence-electron chi connectivity index (χ0n) is 10.7. The van der Waals surface area contributed by atoms with Crippen LogP contribution in [0.25, 0.3) is 0 Å². The molecule has 2 N–H and O–H groups in total. The van der Waals surface area contributed by atoms with Crippen molar-refractivity contribution < 1.29 is 9.53 Å². The molecule has 0 amide bonds. The van der Waals surface area contributed by atoms with Gasteiger partial charge in [0.1, 0.15) is 6.04 Å². The number of esters is 1. The van der Waals surface area contributed by atoms with Gasteiger partial charge >= 0.3 is 5.97 Å². The third-order valence-electron chi connectivity index (χ3n) is 2.31. The second-order valence-electron chi connectivity index (χ2n) is 5.60. The van der Waals surface area contributed by atoms with E-state index in [1.54, 1.807) is 0 Å². The first-order chi connectivity index (χ1) is 6.74. The molecule has 0 rings (SSSR count). The Hall–Kier alpha value is -0.570. The second kappa shape index (κ2) is 6.11. The predicted molar refractivity (Wildman–Crippen MR) is 62.5 cm³/mol. The molecule has 0 aromatic heterocycles. The van der Waals surface area contributed by atoms with Crippen LogP contribution in [-0.4, -0.2) is 18.6 Å². The molecule has 15 heavy (non-hydrogen) atoms. The van der Waals surface area contributed by atoms with Gasteiger partial charge in [0.15, 0.2) is 0 Å². The third kappa shape index (κ3) is 7.37. The van der Waals surface area contributed by atoms with Crippen LogP contribution in [0.2, 0.25) is 0 Å². The number of carbonyl (C=O) groups is 1. The summed E-state index contributed by atoms with van der Waals surface area (Å²) in [6.45, 7) is 10.8. The summed E-state index contributed by atoms with van der Waals surface area (Å²) < 4.78 is 5.10. The number of carbonyl (C=O) groups excluding carboxylic acids is 1. The number of nitrogens with two attached hydrogens (primary N) is 1. The summed E-state index contributed by atoms with van der Waals surface area (Å²) in [6.07, 6.45) is 1.96. The highest BCUT2D eigenvalue weighted by atomic mass is 16.5. The SMILES string of the molecule is CC(C)[C@@H](N)C(=O)OCCCC(C)(C)C. The molecule has 0 bridgehead atoms. The maximum atomic E-state index is 11.4. The van der Waals surface area contributed by atoms with Crippen LogP contribution in [-0.2, 0) is 9.53 Å². The summed E-state index contributed by atoms with van der Waals surface area (Å²) in [7, 11) is 0. The van der Waals surface area contributed by atoms with E-state index in [0.29, 0.717) is 12.0 Å². The Morgan fingerprint density at radius 3 is 2.27 bits per heavy atom. The van der Waals surface area contributed by atoms with Crippen molar-refractivity contribution in [3.8, 4) is 0 Å². The largest absolute Gasteiger partial charge is 0.465 e. The molecule has 0 spiro atoms. The molecule has 1 atom stereocenters. The van der Waals surface area contributed by atoms with E-state index >= 15 is 0 Å². The molecule has 0 unspecified atom stereocenters. The molecule has 0 aromatic carbocycles. The fourth-order valence-corrected chi connectivity index (χ4v) is 1.14. The van der Waals surface area contributed by atoms with Crippen molar-refractivity contribution in [1.29, 1.82) is 0 Å². The predicted octanol–water partition coefficient (Wildman–Crippen LogP) is 2.34. The van der Waals surface area contributed by atoms with Gasteiger partial charge in [-0.3, -0.25) is 4.79 Å². The molecule has 0 saturated heterocycles. The van der Waals surface area contributed by atoms with Gasteiger partial charge in [0.2, 0.25) is 0 Å². The second-order valence-corrected chi connectivity index (χ2v) is 5.60. The lowest BCUT2D eigenvalue weighted by atomic mass is 9.91. The third-order valence-corrected chi connectivity index (χ3v) is 2.31. The van der Waals surface area contributed by atoms with Crippen LogP contribution in [0, 0.1) is 11.3 Å². The lowest BCUT2D eigenvalue weighted by Gasteiger charge is -2.18. The van der Waals surface area contributed by atoms with E-state index in [4.69, 9.17) is 10.5 Å². The molecule has 0 aliphatic heterocycles. The van der Waals surface area contributed by atoms with Gasteiger partial charge in [-0.05, 0) is 24.2 Å². The van der Waals surface area contributed by atoms with E-state index in [1.807, 2.05) is 13.8 Å². The molecular formula is C12H25NO2. The Morgan fingerprint density at radius 1 is 1.33 bits per heavy atom. The van der Waals surface area contributed by atoms with Gasteiger partial charge in [-0.15, -0.1) is 0 Å². The summed E-state index contributed by atoms with van der Waals surface area (Å²) >= 11 is 0. The van der Waals surface area contributed by atoms with Crippen molar-refractivity contribution in [2.45, 2.75) is 53.5 Å². The maximum absolute atomic E-state index is 11.4. The molecule has 3 heteroatoms. The minimum Gasteiger partial charge on any atom is -0.465 e. The van der Waals surface area contributed by atoms with E-state index in [2.05, 4.69) is 20.8 Å². The average Bonchev–Trinajstić information content (AvgIpc) is 2.09. The van der Waals surface area contributed by atoms with Crippen LogP contribution >= 0.6 is 0 Å². The highest BCUT2D eigenvalue weighted by Gasteiger charge is 2.18. The Bertz CT molecular complexity index is 194. The highest BCUT2D eigenvalue weighted by Crippen LogP contribution is 2.20. The number of hydrogen-bond acceptors (Lipinski definition) is 3. The Kier molecular flexibility index (Phi) is 5.88. The zero-order valence-corrected chi connectivity index (χ0v) is 10.7. The summed E-state index contributed by atoms with van der Waals surface area (Å²) in [5.74, 6) is -0.140. The first-order valence-electron chi connectivity index (χ1n) is 5.66. The summed E-state index contributed by atoms with van der Waals surface area (Å²) in [5.41, 5.74) is 5.95. The molecule has 0 fully saturated rings. The van der Waals surface area contributed by atoms with Crippen molar-refractivity contribution in [2.75, 3.05) is 6.61 Å². The van der Waals surface area contributed by atoms with E-state index in [-0.39, 0.29) is 11.9 Å². The van der Waals surface area contributed by atoms with Crippen LogP contribution in [0.4, 0.5) is 0 Å². The van der Waals surface area contributed by atoms with Gasteiger partial charge in [0, 0.05) is 0 Å². The molecule has 0 aromatic rings. The first kappa shape index (κ1) is 14.4. The number of rotatable bonds is 5. The summed E-state index contributed by atoms with van der Waals surface area (Å²) in [6, 6.07) is -0.486.